The molecule has 0 fully saturated rings. The molecule has 0 aliphatic carbocycles. The molecule has 0 aliphatic heterocycles. The monoisotopic (exact) mass is 824 g/mol. The smallest absolute Gasteiger partial charge is 0.172 e. The Bertz CT molecular complexity index is 1800. The summed E-state index contributed by atoms with van der Waals surface area (Å²) < 4.78 is 75.7. The quantitative estimate of drug-likeness (QED) is 0.0927. The second kappa shape index (κ2) is 14.5. The molecule has 0 bridgehead atoms. The van der Waals surface area contributed by atoms with E-state index in [4.69, 9.17) is 0 Å². The van der Waals surface area contributed by atoms with Gasteiger partial charge in [0.1, 0.15) is 0 Å². The summed E-state index contributed by atoms with van der Waals surface area (Å²) in [7, 11) is 0. The number of fused-ring (bicyclic) bond motifs is 3. The minimum atomic E-state index is -4.40. The van der Waals surface area contributed by atoms with Gasteiger partial charge in [0.25, 0.3) is 0 Å². The largest absolute Gasteiger partial charge is 0.214 e. The topological polar surface area (TPSA) is 0 Å². The number of halogens is 6. The molecule has 0 saturated heterocycles. The zero-order valence-corrected chi connectivity index (χ0v) is 31.4. The predicted octanol–water partition coefficient (Wildman–Crippen LogP) is 12.6. The molecule has 48 heavy (non-hydrogen) atoms. The van der Waals surface area contributed by atoms with E-state index in [0.29, 0.717) is 35.0 Å². The van der Waals surface area contributed by atoms with E-state index in [1.165, 1.54) is 56.9 Å². The fourth-order valence-corrected chi connectivity index (χ4v) is 6.29. The molecule has 248 valence electrons. The van der Waals surface area contributed by atoms with Crippen molar-refractivity contribution < 1.29 is 50.2 Å². The van der Waals surface area contributed by atoms with Gasteiger partial charge in [0, 0.05) is 0 Å². The van der Waals surface area contributed by atoms with Crippen LogP contribution in [0.1, 0.15) is 74.9 Å². The van der Waals surface area contributed by atoms with E-state index in [9.17, 15) is 26.3 Å². The Balaban J connectivity index is 0.000000189. The first-order chi connectivity index (χ1) is 22.2. The molecule has 0 heterocycles. The Morgan fingerprint density at radius 1 is 0.500 bits per heavy atom. The Kier molecular flexibility index (Phi) is 11.2. The minimum absolute atomic E-state index is 0.203. The summed E-state index contributed by atoms with van der Waals surface area (Å²) in [5, 5.41) is 5.48. The molecule has 0 unspecified atom stereocenters. The van der Waals surface area contributed by atoms with Crippen molar-refractivity contribution in [1.82, 2.24) is 0 Å². The van der Waals surface area contributed by atoms with Gasteiger partial charge in [-0.3, -0.25) is 0 Å². The molecule has 0 atom stereocenters. The molecule has 6 aromatic rings. The summed E-state index contributed by atoms with van der Waals surface area (Å²) in [6.45, 7) is 13.6. The van der Waals surface area contributed by atoms with Crippen LogP contribution in [-0.2, 0) is 47.1 Å². The van der Waals surface area contributed by atoms with Crippen LogP contribution >= 0.6 is 0 Å². The van der Waals surface area contributed by atoms with Crippen LogP contribution in [0.25, 0.3) is 21.5 Å². The summed E-state index contributed by atoms with van der Waals surface area (Å²) in [5.74, 6) is 0. The molecule has 0 aliphatic rings. The molecule has 0 amide bonds. The van der Waals surface area contributed by atoms with Crippen LogP contribution < -0.4 is 0 Å². The molecule has 0 nitrogen and oxygen atoms in total. The van der Waals surface area contributed by atoms with Gasteiger partial charge in [0.05, 0.1) is 0 Å². The van der Waals surface area contributed by atoms with Gasteiger partial charge in [-0.15, -0.1) is 39.7 Å². The first kappa shape index (κ1) is 37.2. The molecular weight excluding hydrogens is 785 g/mol. The summed E-state index contributed by atoms with van der Waals surface area (Å²) in [6, 6.07) is 35.4. The van der Waals surface area contributed by atoms with Gasteiger partial charge in [0.15, 0.2) is 0 Å². The normalized spacial score (nSPS) is 12.3. The fraction of sp³-hybridized carbons (Fsp3) is 0.244. The fourth-order valence-electron chi connectivity index (χ4n) is 5.09. The van der Waals surface area contributed by atoms with E-state index in [0.717, 1.165) is 27.5 Å². The third-order valence-corrected chi connectivity index (χ3v) is 10.1. The second-order valence-corrected chi connectivity index (χ2v) is 15.5. The van der Waals surface area contributed by atoms with Gasteiger partial charge in [-0.1, -0.05) is 76.9 Å². The van der Waals surface area contributed by atoms with Gasteiger partial charge >= 0.3 is 137 Å². The van der Waals surface area contributed by atoms with Crippen LogP contribution in [0.3, 0.4) is 0 Å². The van der Waals surface area contributed by atoms with Crippen molar-refractivity contribution in [1.29, 1.82) is 0 Å². The maximum atomic E-state index is 12.5. The molecule has 0 spiro atoms. The van der Waals surface area contributed by atoms with Crippen molar-refractivity contribution in [3.63, 3.8) is 0 Å². The van der Waals surface area contributed by atoms with E-state index in [1.54, 1.807) is 0 Å². The third-order valence-electron chi connectivity index (χ3n) is 7.99. The summed E-state index contributed by atoms with van der Waals surface area (Å²) in [4.78, 5) is 0. The van der Waals surface area contributed by atoms with Crippen LogP contribution in [0.2, 0.25) is 0 Å². The standard InChI is InChI=1S/C21H25.C15H8F6.C5H5.Hf/c1-20(2,3)16-7-9-18-14(12-16)11-15-13-17(21(4,5)6)8-10-19(15)18;16-14(17,18)12-5-1-10(2-6-12)9-11-3-7-13(8-4-11)15(19,20)21;1-2-4-5-3-1;/h7-13H,1-6H3;1-8H;1-5H;/q-1;;-1;+2. The first-order valence-electron chi connectivity index (χ1n) is 15.5. The van der Waals surface area contributed by atoms with Crippen molar-refractivity contribution in [2.75, 3.05) is 0 Å². The zero-order valence-electron chi connectivity index (χ0n) is 27.8. The summed E-state index contributed by atoms with van der Waals surface area (Å²) in [6.07, 6.45) is -8.81. The first-order valence-corrected chi connectivity index (χ1v) is 17.3. The van der Waals surface area contributed by atoms with E-state index < -0.39 is 23.5 Å². The Morgan fingerprint density at radius 2 is 0.833 bits per heavy atom. The molecule has 6 aromatic carbocycles. The average Bonchev–Trinajstić information content (AvgIpc) is 3.71. The maximum Gasteiger partial charge on any atom is -0.172 e. The van der Waals surface area contributed by atoms with E-state index >= 15 is 0 Å². The van der Waals surface area contributed by atoms with Crippen molar-refractivity contribution >= 4 is 24.8 Å². The van der Waals surface area contributed by atoms with Crippen LogP contribution in [0.4, 0.5) is 26.3 Å². The number of hydrogen-bond acceptors (Lipinski definition) is 0. The van der Waals surface area contributed by atoms with Gasteiger partial charge in [0.2, 0.25) is 0 Å². The number of benzene rings is 4. The van der Waals surface area contributed by atoms with E-state index in [2.05, 4.69) is 84.0 Å². The third kappa shape index (κ3) is 9.52. The molecule has 6 rings (SSSR count). The molecule has 0 radical (unpaired) electrons. The van der Waals surface area contributed by atoms with Gasteiger partial charge in [-0.05, 0) is 10.8 Å². The molecule has 0 saturated carbocycles. The van der Waals surface area contributed by atoms with Gasteiger partial charge in [-0.25, -0.2) is 12.1 Å². The van der Waals surface area contributed by atoms with E-state index in [-0.39, 0.29) is 10.8 Å². The van der Waals surface area contributed by atoms with Crippen molar-refractivity contribution in [3.8, 4) is 0 Å². The number of alkyl halides is 6. The van der Waals surface area contributed by atoms with Gasteiger partial charge < -0.3 is 0 Å². The Morgan fingerprint density at radius 3 is 1.10 bits per heavy atom. The maximum absolute atomic E-state index is 12.5. The summed E-state index contributed by atoms with van der Waals surface area (Å²) in [5.41, 5.74) is 2.88. The van der Waals surface area contributed by atoms with Crippen molar-refractivity contribution in [3.05, 3.63) is 155 Å². The van der Waals surface area contributed by atoms with Gasteiger partial charge in [-0.2, -0.15) is 18.2 Å². The minimum Gasteiger partial charge on any atom is -0.214 e. The van der Waals surface area contributed by atoms with Crippen molar-refractivity contribution in [2.45, 2.75) is 64.7 Å². The van der Waals surface area contributed by atoms with Crippen molar-refractivity contribution in [2.24, 2.45) is 0 Å². The van der Waals surface area contributed by atoms with Crippen LogP contribution in [0, 0.1) is 0 Å². The SMILES string of the molecule is CC(C)(C)c1ccc2c(c1)[cH-]c1cc(C(C)(C)C)ccc12.FC(F)(F)c1ccc([C](=[Hf+2])c2ccc(C(F)(F)F)cc2)cc1.c1cc[cH-]c1. The van der Waals surface area contributed by atoms with Crippen LogP contribution in [-0.4, -0.2) is 3.26 Å². The zero-order chi connectivity index (χ0) is 35.5. The molecule has 0 N–H and O–H groups in total. The van der Waals surface area contributed by atoms with Crippen LogP contribution in [0.5, 0.6) is 0 Å². The average molecular weight is 823 g/mol. The predicted molar refractivity (Wildman–Crippen MR) is 183 cm³/mol. The molecule has 0 aromatic heterocycles. The number of rotatable bonds is 2. The molecule has 7 heteroatoms. The Hall–Kier alpha value is -3.58. The molecular formula is C41H38F6Hf. The summed E-state index contributed by atoms with van der Waals surface area (Å²) >= 11 is 0.493. The van der Waals surface area contributed by atoms with E-state index in [1.807, 2.05) is 30.3 Å². The second-order valence-electron chi connectivity index (χ2n) is 13.7. The number of hydrogen-bond donors (Lipinski definition) is 0. The van der Waals surface area contributed by atoms with Crippen LogP contribution in [0.15, 0.2) is 121 Å². The Labute approximate surface area is 293 Å².